The molecule has 0 spiro atoms. The van der Waals surface area contributed by atoms with Crippen LogP contribution in [0.1, 0.15) is 46.5 Å². The summed E-state index contributed by atoms with van der Waals surface area (Å²) in [6.07, 6.45) is 2.00. The summed E-state index contributed by atoms with van der Waals surface area (Å²) in [6.45, 7) is 5.91. The summed E-state index contributed by atoms with van der Waals surface area (Å²) in [5.74, 6) is -2.06. The van der Waals surface area contributed by atoms with Gasteiger partial charge in [-0.2, -0.15) is 0 Å². The molecule has 0 saturated carbocycles. The van der Waals surface area contributed by atoms with E-state index in [2.05, 4.69) is 24.1 Å². The van der Waals surface area contributed by atoms with Crippen molar-refractivity contribution in [2.45, 2.75) is 70.6 Å². The summed E-state index contributed by atoms with van der Waals surface area (Å²) in [4.78, 5) is 36.2. The highest BCUT2D eigenvalue weighted by atomic mass is 16.4. The van der Waals surface area contributed by atoms with Crippen LogP contribution in [-0.2, 0) is 14.4 Å². The lowest BCUT2D eigenvalue weighted by atomic mass is 10.1. The molecule has 2 amide bonds. The Morgan fingerprint density at radius 2 is 1.81 bits per heavy atom. The van der Waals surface area contributed by atoms with Crippen molar-refractivity contribution in [1.29, 1.82) is 0 Å². The molecule has 0 bridgehead atoms. The number of likely N-dealkylation sites (tertiary alicyclic amines) is 1. The minimum atomic E-state index is -1.15. The minimum absolute atomic E-state index is 0.00817. The van der Waals surface area contributed by atoms with Gasteiger partial charge in [0.1, 0.15) is 6.04 Å². The van der Waals surface area contributed by atoms with Gasteiger partial charge in [0.15, 0.2) is 0 Å². The smallest absolute Gasteiger partial charge is 0.326 e. The fourth-order valence-electron chi connectivity index (χ4n) is 2.95. The fraction of sp³-hybridized carbons (Fsp3) is 0.786. The lowest BCUT2D eigenvalue weighted by Gasteiger charge is -2.32. The lowest BCUT2D eigenvalue weighted by Crippen LogP contribution is -2.53. The van der Waals surface area contributed by atoms with E-state index in [4.69, 9.17) is 10.8 Å². The Labute approximate surface area is 124 Å². The van der Waals surface area contributed by atoms with E-state index in [1.54, 1.807) is 6.92 Å². The maximum atomic E-state index is 12.2. The number of nitrogens with one attached hydrogen (secondary N) is 1. The number of carbonyl (C=O) groups is 3. The zero-order chi connectivity index (χ0) is 16.2. The first-order chi connectivity index (χ1) is 9.73. The summed E-state index contributed by atoms with van der Waals surface area (Å²) in [6, 6.07) is -0.877. The van der Waals surface area contributed by atoms with Crippen LogP contribution < -0.4 is 11.1 Å². The molecule has 0 aliphatic carbocycles. The van der Waals surface area contributed by atoms with Crippen molar-refractivity contribution in [3.63, 3.8) is 0 Å². The van der Waals surface area contributed by atoms with Gasteiger partial charge in [-0.05, 0) is 40.0 Å². The zero-order valence-electron chi connectivity index (χ0n) is 12.8. The monoisotopic (exact) mass is 299 g/mol. The van der Waals surface area contributed by atoms with Gasteiger partial charge in [-0.25, -0.2) is 4.79 Å². The second-order valence-corrected chi connectivity index (χ2v) is 5.80. The number of aliphatic carboxylic acids is 1. The van der Waals surface area contributed by atoms with E-state index in [9.17, 15) is 14.4 Å². The number of nitrogens with two attached hydrogens (primary N) is 1. The van der Waals surface area contributed by atoms with Crippen molar-refractivity contribution < 1.29 is 19.5 Å². The molecule has 7 heteroatoms. The molecule has 7 nitrogen and oxygen atoms in total. The van der Waals surface area contributed by atoms with Gasteiger partial charge in [-0.3, -0.25) is 14.5 Å². The Bertz CT molecular complexity index is 403. The number of amides is 2. The van der Waals surface area contributed by atoms with E-state index in [0.717, 1.165) is 12.8 Å². The summed E-state index contributed by atoms with van der Waals surface area (Å²) < 4.78 is 0. The lowest BCUT2D eigenvalue weighted by molar-refractivity contribution is -0.143. The molecule has 1 heterocycles. The maximum Gasteiger partial charge on any atom is 0.326 e. The quantitative estimate of drug-likeness (QED) is 0.616. The van der Waals surface area contributed by atoms with Crippen LogP contribution in [0.3, 0.4) is 0 Å². The van der Waals surface area contributed by atoms with Gasteiger partial charge < -0.3 is 16.2 Å². The van der Waals surface area contributed by atoms with Crippen LogP contribution in [0.5, 0.6) is 0 Å². The van der Waals surface area contributed by atoms with Gasteiger partial charge in [-0.1, -0.05) is 0 Å². The number of hydrogen-bond donors (Lipinski definition) is 3. The Morgan fingerprint density at radius 1 is 1.29 bits per heavy atom. The van der Waals surface area contributed by atoms with Crippen LogP contribution in [0.25, 0.3) is 0 Å². The highest BCUT2D eigenvalue weighted by molar-refractivity contribution is 5.87. The fourth-order valence-corrected chi connectivity index (χ4v) is 2.95. The van der Waals surface area contributed by atoms with Crippen LogP contribution in [0.15, 0.2) is 0 Å². The normalized spacial score (nSPS) is 25.3. The van der Waals surface area contributed by atoms with E-state index in [-0.39, 0.29) is 18.7 Å². The number of primary amides is 1. The number of rotatable bonds is 7. The predicted octanol–water partition coefficient (Wildman–Crippen LogP) is 0.0826. The molecule has 1 saturated heterocycles. The molecule has 0 aromatic rings. The van der Waals surface area contributed by atoms with Crippen LogP contribution >= 0.6 is 0 Å². The summed E-state index contributed by atoms with van der Waals surface area (Å²) in [5, 5.41) is 11.6. The molecule has 120 valence electrons. The van der Waals surface area contributed by atoms with E-state index < -0.39 is 24.0 Å². The predicted molar refractivity (Wildman–Crippen MR) is 77.5 cm³/mol. The molecule has 0 radical (unpaired) electrons. The van der Waals surface area contributed by atoms with Gasteiger partial charge in [-0.15, -0.1) is 0 Å². The first-order valence-electron chi connectivity index (χ1n) is 7.33. The Balaban J connectivity index is 2.63. The average molecular weight is 299 g/mol. The number of hydrogen-bond acceptors (Lipinski definition) is 4. The SMILES string of the molecule is CC1CCC(C)N1C(C)C(=O)N[C@@H](CCC(N)=O)C(=O)O. The highest BCUT2D eigenvalue weighted by Gasteiger charge is 2.35. The minimum Gasteiger partial charge on any atom is -0.480 e. The number of nitrogens with zero attached hydrogens (tertiary/aromatic N) is 1. The average Bonchev–Trinajstić information content (AvgIpc) is 2.72. The molecule has 1 aliphatic rings. The molecule has 1 rings (SSSR count). The Hall–Kier alpha value is -1.63. The molecule has 3 unspecified atom stereocenters. The van der Waals surface area contributed by atoms with Crippen LogP contribution in [0.4, 0.5) is 0 Å². The third kappa shape index (κ3) is 4.70. The molecule has 1 fully saturated rings. The zero-order valence-corrected chi connectivity index (χ0v) is 12.8. The topological polar surface area (TPSA) is 113 Å². The van der Waals surface area contributed by atoms with E-state index in [1.165, 1.54) is 0 Å². The molecule has 4 N–H and O–H groups in total. The van der Waals surface area contributed by atoms with Crippen molar-refractivity contribution in [1.82, 2.24) is 10.2 Å². The molecule has 21 heavy (non-hydrogen) atoms. The van der Waals surface area contributed by atoms with Crippen molar-refractivity contribution in [3.8, 4) is 0 Å². The van der Waals surface area contributed by atoms with E-state index in [0.29, 0.717) is 12.1 Å². The van der Waals surface area contributed by atoms with Gasteiger partial charge >= 0.3 is 5.97 Å². The van der Waals surface area contributed by atoms with Gasteiger partial charge in [0.2, 0.25) is 11.8 Å². The summed E-state index contributed by atoms with van der Waals surface area (Å²) in [5.41, 5.74) is 5.01. The standard InChI is InChI=1S/C14H25N3O4/c1-8-4-5-9(2)17(8)10(3)13(19)16-11(14(20)21)6-7-12(15)18/h8-11H,4-7H2,1-3H3,(H2,15,18)(H,16,19)(H,20,21)/t8?,9?,10?,11-/m0/s1. The van der Waals surface area contributed by atoms with Crippen molar-refractivity contribution in [2.24, 2.45) is 5.73 Å². The first-order valence-corrected chi connectivity index (χ1v) is 7.33. The Kier molecular flexibility index (Phi) is 6.14. The molecule has 1 aliphatic heterocycles. The first kappa shape index (κ1) is 17.4. The highest BCUT2D eigenvalue weighted by Crippen LogP contribution is 2.25. The summed E-state index contributed by atoms with van der Waals surface area (Å²) >= 11 is 0. The summed E-state index contributed by atoms with van der Waals surface area (Å²) in [7, 11) is 0. The van der Waals surface area contributed by atoms with Crippen LogP contribution in [0.2, 0.25) is 0 Å². The third-order valence-electron chi connectivity index (χ3n) is 4.14. The molecule has 4 atom stereocenters. The molecule has 0 aromatic heterocycles. The van der Waals surface area contributed by atoms with E-state index in [1.807, 2.05) is 0 Å². The van der Waals surface area contributed by atoms with Gasteiger partial charge in [0, 0.05) is 18.5 Å². The van der Waals surface area contributed by atoms with Gasteiger partial charge in [0.25, 0.3) is 0 Å². The third-order valence-corrected chi connectivity index (χ3v) is 4.14. The second kappa shape index (κ2) is 7.40. The van der Waals surface area contributed by atoms with Crippen LogP contribution in [-0.4, -0.2) is 52.0 Å². The van der Waals surface area contributed by atoms with Crippen molar-refractivity contribution in [3.05, 3.63) is 0 Å². The van der Waals surface area contributed by atoms with Crippen LogP contribution in [0, 0.1) is 0 Å². The van der Waals surface area contributed by atoms with Crippen molar-refractivity contribution in [2.75, 3.05) is 0 Å². The molecule has 0 aromatic carbocycles. The largest absolute Gasteiger partial charge is 0.480 e. The van der Waals surface area contributed by atoms with E-state index >= 15 is 0 Å². The maximum absolute atomic E-state index is 12.2. The number of carbonyl (C=O) groups excluding carboxylic acids is 2. The number of carboxylic acid groups (broad SMARTS) is 1. The number of carboxylic acids is 1. The molecular formula is C14H25N3O4. The van der Waals surface area contributed by atoms with Crippen molar-refractivity contribution >= 4 is 17.8 Å². The molecular weight excluding hydrogens is 274 g/mol. The van der Waals surface area contributed by atoms with Gasteiger partial charge in [0.05, 0.1) is 6.04 Å². The Morgan fingerprint density at radius 3 is 2.24 bits per heavy atom. The second-order valence-electron chi connectivity index (χ2n) is 5.80.